The zero-order valence-electron chi connectivity index (χ0n) is 11.7. The maximum absolute atomic E-state index is 13.9. The Morgan fingerprint density at radius 1 is 1.35 bits per heavy atom. The number of rotatable bonds is 8. The number of anilines is 1. The molecule has 0 fully saturated rings. The Morgan fingerprint density at radius 3 is 2.65 bits per heavy atom. The quantitative estimate of drug-likeness (QED) is 0.251. The average Bonchev–Trinajstić information content (AvgIpc) is 2.45. The van der Waals surface area contributed by atoms with Gasteiger partial charge in [0.25, 0.3) is 0 Å². The van der Waals surface area contributed by atoms with Crippen LogP contribution >= 0.6 is 0 Å². The van der Waals surface area contributed by atoms with Gasteiger partial charge in [0, 0.05) is 12.2 Å². The highest BCUT2D eigenvalue weighted by atomic mass is 19.1. The summed E-state index contributed by atoms with van der Waals surface area (Å²) < 4.78 is 13.9. The number of nitrogen functional groups attached to an aromatic ring is 1. The van der Waals surface area contributed by atoms with E-state index < -0.39 is 0 Å². The van der Waals surface area contributed by atoms with Crippen molar-refractivity contribution in [2.24, 2.45) is 10.7 Å². The van der Waals surface area contributed by atoms with Crippen LogP contribution in [0, 0.1) is 0 Å². The highest BCUT2D eigenvalue weighted by molar-refractivity contribution is 5.53. The van der Waals surface area contributed by atoms with Crippen LogP contribution in [0.5, 0.6) is 0 Å². The minimum absolute atomic E-state index is 0.134. The van der Waals surface area contributed by atoms with Crippen molar-refractivity contribution in [1.82, 2.24) is 10.6 Å². The number of nitrogens with zero attached hydrogens (tertiary/aromatic N) is 1. The Morgan fingerprint density at radius 2 is 2.05 bits per heavy atom. The molecule has 0 aliphatic carbocycles. The Labute approximate surface area is 119 Å². The van der Waals surface area contributed by atoms with E-state index in [0.717, 1.165) is 24.9 Å². The fourth-order valence-corrected chi connectivity index (χ4v) is 1.57. The van der Waals surface area contributed by atoms with Crippen LogP contribution in [0.2, 0.25) is 0 Å². The Kier molecular flexibility index (Phi) is 7.13. The van der Waals surface area contributed by atoms with Crippen molar-refractivity contribution >= 4 is 12.0 Å². The van der Waals surface area contributed by atoms with Crippen LogP contribution in [0.25, 0.3) is 0 Å². The molecule has 1 rings (SSSR count). The lowest BCUT2D eigenvalue weighted by Crippen LogP contribution is -2.21. The molecule has 0 aliphatic rings. The molecule has 1 aromatic rings. The van der Waals surface area contributed by atoms with Crippen LogP contribution in [-0.2, 0) is 6.54 Å². The van der Waals surface area contributed by atoms with Crippen molar-refractivity contribution in [2.45, 2.75) is 19.9 Å². The minimum atomic E-state index is -0.365. The van der Waals surface area contributed by atoms with Gasteiger partial charge in [-0.05, 0) is 30.7 Å². The molecule has 5 nitrogen and oxygen atoms in total. The molecule has 1 aromatic carbocycles. The summed E-state index contributed by atoms with van der Waals surface area (Å²) in [7, 11) is 0. The molecule has 0 radical (unpaired) electrons. The van der Waals surface area contributed by atoms with Crippen molar-refractivity contribution in [1.29, 1.82) is 0 Å². The minimum Gasteiger partial charge on any atom is -0.399 e. The molecule has 0 unspecified atom stereocenters. The van der Waals surface area contributed by atoms with E-state index in [1.807, 2.05) is 19.1 Å². The number of hydrogen-bond donors (Lipinski definition) is 4. The van der Waals surface area contributed by atoms with Crippen LogP contribution in [0.4, 0.5) is 10.1 Å². The topological polar surface area (TPSA) is 88.5 Å². The number of aliphatic imine (C=N–C) groups is 1. The largest absolute Gasteiger partial charge is 0.399 e. The second kappa shape index (κ2) is 8.92. The lowest BCUT2D eigenvalue weighted by Gasteiger charge is -2.09. The van der Waals surface area contributed by atoms with Gasteiger partial charge >= 0.3 is 0 Å². The van der Waals surface area contributed by atoms with Gasteiger partial charge in [-0.2, -0.15) is 0 Å². The predicted octanol–water partition coefficient (Wildman–Crippen LogP) is 1.48. The maximum atomic E-state index is 13.9. The number of nitrogens with two attached hydrogens (primary N) is 2. The zero-order valence-corrected chi connectivity index (χ0v) is 11.7. The lowest BCUT2D eigenvalue weighted by molar-refractivity contribution is 0.542. The van der Waals surface area contributed by atoms with Crippen LogP contribution in [-0.4, -0.2) is 19.4 Å². The van der Waals surface area contributed by atoms with Crippen LogP contribution in [0.1, 0.15) is 18.9 Å². The average molecular weight is 279 g/mol. The van der Waals surface area contributed by atoms with Crippen molar-refractivity contribution in [2.75, 3.05) is 18.8 Å². The van der Waals surface area contributed by atoms with Crippen LogP contribution < -0.4 is 22.1 Å². The third-order valence-corrected chi connectivity index (χ3v) is 2.61. The monoisotopic (exact) mass is 279 g/mol. The molecule has 110 valence electrons. The first-order valence-electron chi connectivity index (χ1n) is 6.59. The fourth-order valence-electron chi connectivity index (χ4n) is 1.57. The molecule has 0 saturated heterocycles. The van der Waals surface area contributed by atoms with Crippen molar-refractivity contribution < 1.29 is 4.39 Å². The molecule has 0 heterocycles. The summed E-state index contributed by atoms with van der Waals surface area (Å²) in [6.45, 7) is 3.36. The van der Waals surface area contributed by atoms with Gasteiger partial charge in [-0.3, -0.25) is 0 Å². The number of benzene rings is 1. The van der Waals surface area contributed by atoms with Gasteiger partial charge in [-0.1, -0.05) is 19.1 Å². The highest BCUT2D eigenvalue weighted by Crippen LogP contribution is 2.08. The first kappa shape index (κ1) is 16.0. The van der Waals surface area contributed by atoms with E-state index in [2.05, 4.69) is 15.6 Å². The SMILES string of the molecule is CCCNCC(F)=C(N=CN)NCc1ccc(N)cc1. The first-order chi connectivity index (χ1) is 9.67. The number of hydrogen-bond acceptors (Lipinski definition) is 4. The number of halogens is 1. The van der Waals surface area contributed by atoms with Gasteiger partial charge in [0.15, 0.2) is 11.6 Å². The summed E-state index contributed by atoms with van der Waals surface area (Å²) in [5, 5.41) is 5.90. The molecule has 0 aliphatic heterocycles. The van der Waals surface area contributed by atoms with Crippen molar-refractivity contribution in [3.05, 3.63) is 41.5 Å². The summed E-state index contributed by atoms with van der Waals surface area (Å²) in [6.07, 6.45) is 2.02. The Bertz CT molecular complexity index is 453. The second-order valence-corrected chi connectivity index (χ2v) is 4.30. The van der Waals surface area contributed by atoms with Crippen molar-refractivity contribution in [3.63, 3.8) is 0 Å². The van der Waals surface area contributed by atoms with E-state index in [-0.39, 0.29) is 18.2 Å². The van der Waals surface area contributed by atoms with Gasteiger partial charge in [0.05, 0.1) is 12.9 Å². The van der Waals surface area contributed by atoms with Crippen molar-refractivity contribution in [3.8, 4) is 0 Å². The summed E-state index contributed by atoms with van der Waals surface area (Å²) in [6, 6.07) is 7.34. The van der Waals surface area contributed by atoms with E-state index in [1.54, 1.807) is 12.1 Å². The molecular weight excluding hydrogens is 257 g/mol. The van der Waals surface area contributed by atoms with Gasteiger partial charge in [0.1, 0.15) is 0 Å². The third kappa shape index (κ3) is 5.71. The van der Waals surface area contributed by atoms with E-state index in [9.17, 15) is 4.39 Å². The van der Waals surface area contributed by atoms with Gasteiger partial charge in [-0.15, -0.1) is 0 Å². The Hall–Kier alpha value is -2.08. The molecule has 6 heteroatoms. The summed E-state index contributed by atoms with van der Waals surface area (Å²) in [5.74, 6) is -0.219. The molecule has 0 spiro atoms. The van der Waals surface area contributed by atoms with E-state index in [4.69, 9.17) is 11.5 Å². The maximum Gasteiger partial charge on any atom is 0.161 e. The standard InChI is InChI=1S/C14H22FN5/c1-2-7-18-9-13(15)14(20-10-16)19-8-11-3-5-12(17)6-4-11/h3-6,10,18-19H,2,7-9,17H2,1H3,(H2,16,20). The molecule has 0 atom stereocenters. The normalized spacial score (nSPS) is 12.5. The molecule has 6 N–H and O–H groups in total. The summed E-state index contributed by atoms with van der Waals surface area (Å²) >= 11 is 0. The van der Waals surface area contributed by atoms with Gasteiger partial charge in [0.2, 0.25) is 0 Å². The molecule has 20 heavy (non-hydrogen) atoms. The summed E-state index contributed by atoms with van der Waals surface area (Å²) in [4.78, 5) is 3.82. The molecule has 0 saturated carbocycles. The van der Waals surface area contributed by atoms with E-state index >= 15 is 0 Å². The first-order valence-corrected chi connectivity index (χ1v) is 6.59. The molecular formula is C14H22FN5. The smallest absolute Gasteiger partial charge is 0.161 e. The van der Waals surface area contributed by atoms with Crippen LogP contribution in [0.3, 0.4) is 0 Å². The number of nitrogens with one attached hydrogen (secondary N) is 2. The van der Waals surface area contributed by atoms with E-state index in [1.165, 1.54) is 0 Å². The zero-order chi connectivity index (χ0) is 14.8. The van der Waals surface area contributed by atoms with Gasteiger partial charge in [-0.25, -0.2) is 9.38 Å². The predicted molar refractivity (Wildman–Crippen MR) is 81.7 cm³/mol. The van der Waals surface area contributed by atoms with E-state index in [0.29, 0.717) is 12.2 Å². The highest BCUT2D eigenvalue weighted by Gasteiger charge is 2.05. The molecule has 0 amide bonds. The lowest BCUT2D eigenvalue weighted by atomic mass is 10.2. The third-order valence-electron chi connectivity index (χ3n) is 2.61. The molecule has 0 aromatic heterocycles. The molecule has 0 bridgehead atoms. The summed E-state index contributed by atoms with van der Waals surface area (Å²) in [5.41, 5.74) is 12.5. The van der Waals surface area contributed by atoms with Gasteiger partial charge < -0.3 is 22.1 Å². The fraction of sp³-hybridized carbons (Fsp3) is 0.357. The van der Waals surface area contributed by atoms with Crippen LogP contribution in [0.15, 0.2) is 40.9 Å². The Balaban J connectivity index is 2.62. The second-order valence-electron chi connectivity index (χ2n) is 4.30.